The van der Waals surface area contributed by atoms with Crippen molar-refractivity contribution in [1.29, 1.82) is 5.41 Å². The van der Waals surface area contributed by atoms with Gasteiger partial charge in [-0.2, -0.15) is 18.6 Å². The summed E-state index contributed by atoms with van der Waals surface area (Å²) in [6.07, 6.45) is -3.47. The van der Waals surface area contributed by atoms with E-state index in [1.807, 2.05) is 30.3 Å². The first-order valence-electron chi connectivity index (χ1n) is 9.89. The number of anilines is 1. The van der Waals surface area contributed by atoms with E-state index in [4.69, 9.17) is 11.1 Å². The molecule has 168 valence electrons. The van der Waals surface area contributed by atoms with Crippen LogP contribution in [0, 0.1) is 5.41 Å². The van der Waals surface area contributed by atoms with E-state index < -0.39 is 17.6 Å². The minimum Gasteiger partial charge on any atom is -0.318 e. The van der Waals surface area contributed by atoms with E-state index >= 15 is 0 Å². The Hall–Kier alpha value is -3.46. The van der Waals surface area contributed by atoms with Gasteiger partial charge in [0.25, 0.3) is 5.91 Å². The topological polar surface area (TPSA) is 73.2 Å². The van der Waals surface area contributed by atoms with Gasteiger partial charge < -0.3 is 10.6 Å². The lowest BCUT2D eigenvalue weighted by Crippen LogP contribution is -2.26. The van der Waals surface area contributed by atoms with E-state index in [2.05, 4.69) is 15.9 Å². The molecule has 1 aliphatic rings. The van der Waals surface area contributed by atoms with Gasteiger partial charge in [-0.3, -0.25) is 4.79 Å². The second-order valence-electron chi connectivity index (χ2n) is 7.59. The Bertz CT molecular complexity index is 1320. The summed E-state index contributed by atoms with van der Waals surface area (Å²) >= 11 is 3.09. The quantitative estimate of drug-likeness (QED) is 0.283. The summed E-state index contributed by atoms with van der Waals surface area (Å²) in [5.41, 5.74) is 8.08. The van der Waals surface area contributed by atoms with Crippen LogP contribution < -0.4 is 10.6 Å². The van der Waals surface area contributed by atoms with E-state index in [9.17, 15) is 18.0 Å². The van der Waals surface area contributed by atoms with Crippen LogP contribution in [0.3, 0.4) is 0 Å². The van der Waals surface area contributed by atoms with E-state index in [1.165, 1.54) is 15.5 Å². The van der Waals surface area contributed by atoms with E-state index in [1.54, 1.807) is 25.2 Å². The van der Waals surface area contributed by atoms with Gasteiger partial charge in [-0.15, -0.1) is 0 Å². The Morgan fingerprint density at radius 1 is 1.12 bits per heavy atom. The van der Waals surface area contributed by atoms with Crippen LogP contribution in [-0.4, -0.2) is 29.7 Å². The van der Waals surface area contributed by atoms with Gasteiger partial charge in [0.05, 0.1) is 24.7 Å². The molecule has 0 atom stereocenters. The summed E-state index contributed by atoms with van der Waals surface area (Å²) in [6.45, 7) is -0.174. The number of alkyl halides is 3. The standard InChI is InChI=1S/C24H18BrF3N4O/c1-31(13-29)22(30)18-8-3-2-7-17(18)14-5-4-6-16(9-14)32-12-20-19(23(32)33)10-15(25)11-21(20)24(26,27)28/h2-11,13,29-30H,12H2,1H3/p+1. The van der Waals surface area contributed by atoms with Crippen molar-refractivity contribution in [2.75, 3.05) is 11.9 Å². The maximum atomic E-state index is 13.6. The minimum absolute atomic E-state index is 0.0349. The molecule has 0 spiro atoms. The van der Waals surface area contributed by atoms with Crippen LogP contribution in [0.5, 0.6) is 0 Å². The lowest BCUT2D eigenvalue weighted by atomic mass is 9.98. The Kier molecular flexibility index (Phi) is 5.84. The van der Waals surface area contributed by atoms with E-state index in [0.717, 1.165) is 23.5 Å². The number of halogens is 4. The van der Waals surface area contributed by atoms with Crippen LogP contribution in [0.25, 0.3) is 11.1 Å². The molecule has 0 unspecified atom stereocenters. The first kappa shape index (κ1) is 22.7. The number of amidine groups is 1. The zero-order valence-corrected chi connectivity index (χ0v) is 19.0. The fourth-order valence-corrected chi connectivity index (χ4v) is 4.35. The molecule has 5 nitrogen and oxygen atoms in total. The SMILES string of the molecule is C[N+](C=N)=C(N)c1ccccc1-c1cccc(N2Cc3c(cc(Br)cc3C(F)(F)F)C2=O)c1. The minimum atomic E-state index is -4.57. The van der Waals surface area contributed by atoms with Crippen molar-refractivity contribution < 1.29 is 22.5 Å². The Labute approximate surface area is 196 Å². The highest BCUT2D eigenvalue weighted by Crippen LogP contribution is 2.41. The van der Waals surface area contributed by atoms with Gasteiger partial charge in [0.15, 0.2) is 0 Å². The third-order valence-electron chi connectivity index (χ3n) is 5.56. The first-order valence-corrected chi connectivity index (χ1v) is 10.7. The Balaban J connectivity index is 1.78. The molecule has 3 N–H and O–H groups in total. The summed E-state index contributed by atoms with van der Waals surface area (Å²) in [5.74, 6) is -0.118. The molecule has 0 radical (unpaired) electrons. The number of rotatable bonds is 4. The van der Waals surface area contributed by atoms with Crippen LogP contribution in [0.1, 0.15) is 27.0 Å². The van der Waals surface area contributed by atoms with Crippen molar-refractivity contribution in [2.45, 2.75) is 12.7 Å². The predicted molar refractivity (Wildman–Crippen MR) is 125 cm³/mol. The Morgan fingerprint density at radius 3 is 2.55 bits per heavy atom. The molecule has 0 saturated carbocycles. The lowest BCUT2D eigenvalue weighted by molar-refractivity contribution is -0.361. The second-order valence-corrected chi connectivity index (χ2v) is 8.51. The molecule has 1 heterocycles. The largest absolute Gasteiger partial charge is 0.416 e. The summed E-state index contributed by atoms with van der Waals surface area (Å²) in [7, 11) is 1.66. The van der Waals surface area contributed by atoms with Gasteiger partial charge in [0.1, 0.15) is 0 Å². The molecule has 4 rings (SSSR count). The van der Waals surface area contributed by atoms with E-state index in [0.29, 0.717) is 17.1 Å². The molecular formula is C24H19BrF3N4O+. The van der Waals surface area contributed by atoms with Gasteiger partial charge in [0.2, 0.25) is 12.2 Å². The van der Waals surface area contributed by atoms with Gasteiger partial charge in [-0.1, -0.05) is 46.3 Å². The number of fused-ring (bicyclic) bond motifs is 1. The molecular weight excluding hydrogens is 497 g/mol. The molecule has 1 aliphatic heterocycles. The zero-order valence-electron chi connectivity index (χ0n) is 17.4. The number of hydrogen-bond donors (Lipinski definition) is 2. The monoisotopic (exact) mass is 515 g/mol. The fraction of sp³-hybridized carbons (Fsp3) is 0.125. The van der Waals surface area contributed by atoms with Crippen molar-refractivity contribution in [3.63, 3.8) is 0 Å². The predicted octanol–water partition coefficient (Wildman–Crippen LogP) is 5.25. The summed E-state index contributed by atoms with van der Waals surface area (Å²) in [4.78, 5) is 14.4. The molecule has 3 aromatic rings. The number of carbonyl (C=O) groups is 1. The highest BCUT2D eigenvalue weighted by atomic mass is 79.9. The number of carbonyl (C=O) groups excluding carboxylic acids is 1. The highest BCUT2D eigenvalue weighted by molar-refractivity contribution is 9.10. The molecule has 0 aliphatic carbocycles. The Morgan fingerprint density at radius 2 is 1.85 bits per heavy atom. The maximum absolute atomic E-state index is 13.6. The number of benzene rings is 3. The van der Waals surface area contributed by atoms with Crippen molar-refractivity contribution in [3.8, 4) is 11.1 Å². The van der Waals surface area contributed by atoms with Crippen LogP contribution in [0.4, 0.5) is 18.9 Å². The molecule has 0 fully saturated rings. The van der Waals surface area contributed by atoms with Crippen LogP contribution in [0.2, 0.25) is 0 Å². The van der Waals surface area contributed by atoms with Crippen molar-refractivity contribution >= 4 is 39.7 Å². The van der Waals surface area contributed by atoms with Gasteiger partial charge in [0, 0.05) is 15.7 Å². The number of amides is 1. The average molecular weight is 516 g/mol. The molecule has 3 aromatic carbocycles. The maximum Gasteiger partial charge on any atom is 0.416 e. The average Bonchev–Trinajstić information content (AvgIpc) is 3.13. The smallest absolute Gasteiger partial charge is 0.318 e. The molecule has 9 heteroatoms. The van der Waals surface area contributed by atoms with Crippen LogP contribution in [0.15, 0.2) is 65.1 Å². The lowest BCUT2D eigenvalue weighted by Gasteiger charge is -2.18. The summed E-state index contributed by atoms with van der Waals surface area (Å²) in [6, 6.07) is 16.8. The number of hydrogen-bond acceptors (Lipinski definition) is 2. The van der Waals surface area contributed by atoms with E-state index in [-0.39, 0.29) is 22.1 Å². The third kappa shape index (κ3) is 4.16. The van der Waals surface area contributed by atoms with Crippen LogP contribution >= 0.6 is 15.9 Å². The number of nitrogens with one attached hydrogen (secondary N) is 1. The molecule has 0 bridgehead atoms. The third-order valence-corrected chi connectivity index (χ3v) is 6.02. The van der Waals surface area contributed by atoms with Crippen LogP contribution in [-0.2, 0) is 12.7 Å². The molecule has 0 saturated heterocycles. The second kappa shape index (κ2) is 8.47. The van der Waals surface area contributed by atoms with Crippen molar-refractivity contribution in [1.82, 2.24) is 0 Å². The van der Waals surface area contributed by atoms with Crippen molar-refractivity contribution in [3.05, 3.63) is 87.4 Å². The highest BCUT2D eigenvalue weighted by Gasteiger charge is 2.40. The van der Waals surface area contributed by atoms with Crippen molar-refractivity contribution in [2.24, 2.45) is 5.73 Å². The van der Waals surface area contributed by atoms with Gasteiger partial charge in [-0.05, 0) is 47.0 Å². The first-order chi connectivity index (χ1) is 15.6. The molecule has 0 aromatic heterocycles. The fourth-order valence-electron chi connectivity index (χ4n) is 3.89. The zero-order chi connectivity index (χ0) is 23.9. The van der Waals surface area contributed by atoms with Gasteiger partial charge in [-0.25, -0.2) is 4.58 Å². The summed E-state index contributed by atoms with van der Waals surface area (Å²) < 4.78 is 42.5. The number of nitrogens with zero attached hydrogens (tertiary/aromatic N) is 2. The van der Waals surface area contributed by atoms with Gasteiger partial charge >= 0.3 is 6.18 Å². The normalized spacial score (nSPS) is 14.2. The molecule has 1 amide bonds. The number of nitrogens with two attached hydrogens (primary N) is 1. The molecule has 33 heavy (non-hydrogen) atoms. The summed E-state index contributed by atoms with van der Waals surface area (Å²) in [5, 5.41) is 7.45.